The molecule has 0 saturated heterocycles. The van der Waals surface area contributed by atoms with Crippen LogP contribution < -0.4 is 4.74 Å². The SMILES string of the molecule is CCCN(CCC(=O)OCC)CCC(O)c1ccccc1OC. The van der Waals surface area contributed by atoms with Crippen LogP contribution in [0.15, 0.2) is 24.3 Å². The fourth-order valence-corrected chi connectivity index (χ4v) is 2.54. The summed E-state index contributed by atoms with van der Waals surface area (Å²) >= 11 is 0. The molecule has 0 aliphatic rings. The molecule has 0 aromatic heterocycles. The predicted molar refractivity (Wildman–Crippen MR) is 90.6 cm³/mol. The van der Waals surface area contributed by atoms with E-state index < -0.39 is 6.10 Å². The van der Waals surface area contributed by atoms with E-state index in [4.69, 9.17) is 9.47 Å². The average molecular weight is 323 g/mol. The first-order valence-corrected chi connectivity index (χ1v) is 8.31. The number of methoxy groups -OCH3 is 1. The smallest absolute Gasteiger partial charge is 0.307 e. The highest BCUT2D eigenvalue weighted by Gasteiger charge is 2.15. The van der Waals surface area contributed by atoms with Crippen LogP contribution in [0.1, 0.15) is 44.8 Å². The molecule has 1 unspecified atom stereocenters. The molecule has 5 nitrogen and oxygen atoms in total. The van der Waals surface area contributed by atoms with Gasteiger partial charge in [-0.1, -0.05) is 25.1 Å². The van der Waals surface area contributed by atoms with Crippen molar-refractivity contribution in [2.75, 3.05) is 33.4 Å². The van der Waals surface area contributed by atoms with Crippen LogP contribution in [0.2, 0.25) is 0 Å². The van der Waals surface area contributed by atoms with E-state index in [0.717, 1.165) is 25.1 Å². The van der Waals surface area contributed by atoms with E-state index in [9.17, 15) is 9.90 Å². The summed E-state index contributed by atoms with van der Waals surface area (Å²) in [6.07, 6.45) is 1.42. The molecular formula is C18H29NO4. The standard InChI is InChI=1S/C18H29NO4/c1-4-12-19(14-11-18(21)23-5-2)13-10-16(20)15-8-6-7-9-17(15)22-3/h6-9,16,20H,4-5,10-14H2,1-3H3. The molecule has 0 aliphatic heterocycles. The van der Waals surface area contributed by atoms with Crippen LogP contribution in [-0.2, 0) is 9.53 Å². The van der Waals surface area contributed by atoms with Gasteiger partial charge in [0, 0.05) is 18.7 Å². The Morgan fingerprint density at radius 3 is 2.61 bits per heavy atom. The molecule has 130 valence electrons. The van der Waals surface area contributed by atoms with Gasteiger partial charge in [0.05, 0.1) is 26.2 Å². The van der Waals surface area contributed by atoms with Gasteiger partial charge in [0.25, 0.3) is 0 Å². The van der Waals surface area contributed by atoms with E-state index >= 15 is 0 Å². The van der Waals surface area contributed by atoms with Gasteiger partial charge in [-0.3, -0.25) is 4.79 Å². The van der Waals surface area contributed by atoms with Crippen LogP contribution in [-0.4, -0.2) is 49.3 Å². The van der Waals surface area contributed by atoms with Gasteiger partial charge in [0.1, 0.15) is 5.75 Å². The quantitative estimate of drug-likeness (QED) is 0.635. The van der Waals surface area contributed by atoms with Crippen molar-refractivity contribution in [1.82, 2.24) is 4.90 Å². The predicted octanol–water partition coefficient (Wildman–Crippen LogP) is 2.78. The molecule has 0 heterocycles. The zero-order valence-corrected chi connectivity index (χ0v) is 14.5. The number of esters is 1. The summed E-state index contributed by atoms with van der Waals surface area (Å²) in [7, 11) is 1.61. The van der Waals surface area contributed by atoms with Gasteiger partial charge in [-0.25, -0.2) is 0 Å². The normalized spacial score (nSPS) is 12.2. The van der Waals surface area contributed by atoms with Gasteiger partial charge in [0.15, 0.2) is 0 Å². The van der Waals surface area contributed by atoms with Crippen LogP contribution in [0.5, 0.6) is 5.75 Å². The Hall–Kier alpha value is -1.59. The molecule has 1 aromatic rings. The monoisotopic (exact) mass is 323 g/mol. The van der Waals surface area contributed by atoms with Gasteiger partial charge < -0.3 is 19.5 Å². The Morgan fingerprint density at radius 2 is 1.96 bits per heavy atom. The zero-order valence-electron chi connectivity index (χ0n) is 14.5. The number of aliphatic hydroxyl groups is 1. The zero-order chi connectivity index (χ0) is 17.1. The molecular weight excluding hydrogens is 294 g/mol. The van der Waals surface area contributed by atoms with Crippen molar-refractivity contribution in [2.24, 2.45) is 0 Å². The van der Waals surface area contributed by atoms with Gasteiger partial charge in [-0.05, 0) is 32.4 Å². The number of rotatable bonds is 11. The third-order valence-corrected chi connectivity index (χ3v) is 3.69. The molecule has 0 fully saturated rings. The van der Waals surface area contributed by atoms with E-state index in [1.54, 1.807) is 7.11 Å². The lowest BCUT2D eigenvalue weighted by atomic mass is 10.1. The van der Waals surface area contributed by atoms with Crippen LogP contribution in [0, 0.1) is 0 Å². The van der Waals surface area contributed by atoms with Gasteiger partial charge in [0.2, 0.25) is 0 Å². The molecule has 23 heavy (non-hydrogen) atoms. The number of para-hydroxylation sites is 1. The maximum atomic E-state index is 11.5. The van der Waals surface area contributed by atoms with E-state index in [0.29, 0.717) is 31.7 Å². The molecule has 0 spiro atoms. The summed E-state index contributed by atoms with van der Waals surface area (Å²) in [5.41, 5.74) is 0.803. The third kappa shape index (κ3) is 7.01. The summed E-state index contributed by atoms with van der Waals surface area (Å²) in [6, 6.07) is 7.51. The molecule has 0 bridgehead atoms. The number of benzene rings is 1. The summed E-state index contributed by atoms with van der Waals surface area (Å²) in [6.45, 7) is 6.62. The molecule has 0 saturated carbocycles. The van der Waals surface area contributed by atoms with Gasteiger partial charge in [-0.15, -0.1) is 0 Å². The highest BCUT2D eigenvalue weighted by Crippen LogP contribution is 2.26. The highest BCUT2D eigenvalue weighted by atomic mass is 16.5. The summed E-state index contributed by atoms with van der Waals surface area (Å²) in [5.74, 6) is 0.535. The van der Waals surface area contributed by atoms with Crippen LogP contribution >= 0.6 is 0 Å². The molecule has 0 amide bonds. The van der Waals surface area contributed by atoms with E-state index in [1.807, 2.05) is 31.2 Å². The number of carbonyl (C=O) groups excluding carboxylic acids is 1. The van der Waals surface area contributed by atoms with Crippen LogP contribution in [0.25, 0.3) is 0 Å². The number of ether oxygens (including phenoxy) is 2. The lowest BCUT2D eigenvalue weighted by molar-refractivity contribution is -0.143. The summed E-state index contributed by atoms with van der Waals surface area (Å²) < 4.78 is 10.3. The molecule has 1 N–H and O–H groups in total. The van der Waals surface area contributed by atoms with Crippen molar-refractivity contribution in [1.29, 1.82) is 0 Å². The first-order chi connectivity index (χ1) is 11.1. The maximum absolute atomic E-state index is 11.5. The van der Waals surface area contributed by atoms with Crippen molar-refractivity contribution in [3.8, 4) is 5.75 Å². The molecule has 0 aliphatic carbocycles. The second-order valence-corrected chi connectivity index (χ2v) is 5.44. The molecule has 0 radical (unpaired) electrons. The van der Waals surface area contributed by atoms with E-state index in [-0.39, 0.29) is 5.97 Å². The van der Waals surface area contributed by atoms with Crippen molar-refractivity contribution in [3.05, 3.63) is 29.8 Å². The second-order valence-electron chi connectivity index (χ2n) is 5.44. The topological polar surface area (TPSA) is 59.0 Å². The number of hydrogen-bond acceptors (Lipinski definition) is 5. The molecule has 1 atom stereocenters. The minimum atomic E-state index is -0.576. The Bertz CT molecular complexity index is 464. The van der Waals surface area contributed by atoms with Crippen molar-refractivity contribution >= 4 is 5.97 Å². The summed E-state index contributed by atoms with van der Waals surface area (Å²) in [5, 5.41) is 10.4. The van der Waals surface area contributed by atoms with Crippen molar-refractivity contribution in [2.45, 2.75) is 39.2 Å². The Kier molecular flexibility index (Phi) is 9.33. The average Bonchev–Trinajstić information content (AvgIpc) is 2.57. The van der Waals surface area contributed by atoms with Crippen molar-refractivity contribution in [3.63, 3.8) is 0 Å². The Morgan fingerprint density at radius 1 is 1.22 bits per heavy atom. The van der Waals surface area contributed by atoms with E-state index in [1.165, 1.54) is 0 Å². The molecule has 1 rings (SSSR count). The lowest BCUT2D eigenvalue weighted by Crippen LogP contribution is -2.29. The first kappa shape index (κ1) is 19.5. The Balaban J connectivity index is 2.51. The fourth-order valence-electron chi connectivity index (χ4n) is 2.54. The van der Waals surface area contributed by atoms with Crippen molar-refractivity contribution < 1.29 is 19.4 Å². The number of hydrogen-bond donors (Lipinski definition) is 1. The van der Waals surface area contributed by atoms with Crippen LogP contribution in [0.3, 0.4) is 0 Å². The van der Waals surface area contributed by atoms with Gasteiger partial charge >= 0.3 is 5.97 Å². The number of aliphatic hydroxyl groups excluding tert-OH is 1. The maximum Gasteiger partial charge on any atom is 0.307 e. The Labute approximate surface area is 139 Å². The minimum absolute atomic E-state index is 0.168. The summed E-state index contributed by atoms with van der Waals surface area (Å²) in [4.78, 5) is 13.7. The minimum Gasteiger partial charge on any atom is -0.496 e. The number of nitrogens with zero attached hydrogens (tertiary/aromatic N) is 1. The van der Waals surface area contributed by atoms with E-state index in [2.05, 4.69) is 11.8 Å². The fraction of sp³-hybridized carbons (Fsp3) is 0.611. The lowest BCUT2D eigenvalue weighted by Gasteiger charge is -2.23. The van der Waals surface area contributed by atoms with Crippen LogP contribution in [0.4, 0.5) is 0 Å². The number of carbonyl (C=O) groups is 1. The first-order valence-electron chi connectivity index (χ1n) is 8.31. The third-order valence-electron chi connectivity index (χ3n) is 3.69. The largest absolute Gasteiger partial charge is 0.496 e. The molecule has 1 aromatic carbocycles. The van der Waals surface area contributed by atoms with Gasteiger partial charge in [-0.2, -0.15) is 0 Å². The molecule has 5 heteroatoms. The highest BCUT2D eigenvalue weighted by molar-refractivity contribution is 5.69. The second kappa shape index (κ2) is 11.0.